The van der Waals surface area contributed by atoms with Gasteiger partial charge in [0.2, 0.25) is 15.9 Å². The first-order valence-electron chi connectivity index (χ1n) is 10.2. The number of nitrogens with one attached hydrogen (secondary N) is 2. The van der Waals surface area contributed by atoms with Gasteiger partial charge in [0.25, 0.3) is 5.91 Å². The first-order valence-corrected chi connectivity index (χ1v) is 12.0. The van der Waals surface area contributed by atoms with E-state index in [1.54, 1.807) is 48.5 Å². The predicted octanol–water partition coefficient (Wildman–Crippen LogP) is 3.64. The lowest BCUT2D eigenvalue weighted by Gasteiger charge is -2.21. The monoisotopic (exact) mass is 498 g/mol. The third kappa shape index (κ3) is 7.24. The molecule has 34 heavy (non-hydrogen) atoms. The molecule has 2 N–H and O–H groups in total. The van der Waals surface area contributed by atoms with Gasteiger partial charge < -0.3 is 5.32 Å². The SMILES string of the molecule is CC(=O)Nc1ccc(S(=O)(=O)N(CC(=O)N/N=C\c2ccc(Cl)cc2)Cc2ccccc2)cc1. The Labute approximate surface area is 203 Å². The second kappa shape index (κ2) is 11.6. The summed E-state index contributed by atoms with van der Waals surface area (Å²) in [5.74, 6) is -0.864. The Bertz CT molecular complexity index is 1260. The van der Waals surface area contributed by atoms with E-state index in [0.29, 0.717) is 10.7 Å². The van der Waals surface area contributed by atoms with Crippen LogP contribution in [0.15, 0.2) is 88.9 Å². The molecule has 3 aromatic carbocycles. The van der Waals surface area contributed by atoms with Crippen molar-refractivity contribution >= 4 is 45.3 Å². The van der Waals surface area contributed by atoms with Gasteiger partial charge in [-0.25, -0.2) is 13.8 Å². The van der Waals surface area contributed by atoms with E-state index >= 15 is 0 Å². The summed E-state index contributed by atoms with van der Waals surface area (Å²) >= 11 is 5.85. The molecule has 3 rings (SSSR count). The van der Waals surface area contributed by atoms with E-state index in [1.165, 1.54) is 37.4 Å². The minimum atomic E-state index is -4.03. The Morgan fingerprint density at radius 1 is 0.971 bits per heavy atom. The van der Waals surface area contributed by atoms with E-state index in [1.807, 2.05) is 6.07 Å². The molecule has 0 saturated heterocycles. The Balaban J connectivity index is 1.77. The molecule has 8 nitrogen and oxygen atoms in total. The highest BCUT2D eigenvalue weighted by molar-refractivity contribution is 7.89. The Morgan fingerprint density at radius 3 is 2.24 bits per heavy atom. The Hall–Kier alpha value is -3.53. The molecular formula is C24H23ClN4O4S. The van der Waals surface area contributed by atoms with Crippen molar-refractivity contribution in [1.82, 2.24) is 9.73 Å². The van der Waals surface area contributed by atoms with Crippen molar-refractivity contribution in [3.05, 3.63) is 95.0 Å². The minimum absolute atomic E-state index is 0.00463. The van der Waals surface area contributed by atoms with Crippen molar-refractivity contribution in [2.24, 2.45) is 5.10 Å². The first-order chi connectivity index (χ1) is 16.2. The fourth-order valence-corrected chi connectivity index (χ4v) is 4.51. The van der Waals surface area contributed by atoms with E-state index < -0.39 is 22.5 Å². The summed E-state index contributed by atoms with van der Waals surface area (Å²) < 4.78 is 27.8. The number of anilines is 1. The number of hydrogen-bond donors (Lipinski definition) is 2. The largest absolute Gasteiger partial charge is 0.326 e. The lowest BCUT2D eigenvalue weighted by atomic mass is 10.2. The molecule has 10 heteroatoms. The van der Waals surface area contributed by atoms with Gasteiger partial charge >= 0.3 is 0 Å². The molecule has 0 aliphatic carbocycles. The van der Waals surface area contributed by atoms with Crippen LogP contribution in [0.2, 0.25) is 5.02 Å². The average Bonchev–Trinajstić information content (AvgIpc) is 2.80. The highest BCUT2D eigenvalue weighted by Crippen LogP contribution is 2.20. The second-order valence-electron chi connectivity index (χ2n) is 7.31. The van der Waals surface area contributed by atoms with Gasteiger partial charge in [0, 0.05) is 24.2 Å². The highest BCUT2D eigenvalue weighted by Gasteiger charge is 2.27. The van der Waals surface area contributed by atoms with E-state index in [-0.39, 0.29) is 17.3 Å². The molecule has 0 atom stereocenters. The number of carbonyl (C=O) groups is 2. The summed E-state index contributed by atoms with van der Waals surface area (Å²) in [4.78, 5) is 23.8. The number of sulfonamides is 1. The number of carbonyl (C=O) groups excluding carboxylic acids is 2. The van der Waals surface area contributed by atoms with Crippen LogP contribution >= 0.6 is 11.6 Å². The third-order valence-electron chi connectivity index (χ3n) is 4.61. The Kier molecular flexibility index (Phi) is 8.53. The van der Waals surface area contributed by atoms with Crippen LogP contribution in [0.25, 0.3) is 0 Å². The lowest BCUT2D eigenvalue weighted by Crippen LogP contribution is -2.39. The summed E-state index contributed by atoms with van der Waals surface area (Å²) in [6.45, 7) is 0.911. The van der Waals surface area contributed by atoms with Crippen molar-refractivity contribution in [1.29, 1.82) is 0 Å². The standard InChI is InChI=1S/C24H23ClN4O4S/c1-18(30)27-22-11-13-23(14-12-22)34(32,33)29(16-20-5-3-2-4-6-20)17-24(31)28-26-15-19-7-9-21(25)10-8-19/h2-15H,16-17H2,1H3,(H,27,30)(H,28,31)/b26-15-. The van der Waals surface area contributed by atoms with Crippen molar-refractivity contribution in [2.45, 2.75) is 18.4 Å². The fraction of sp³-hybridized carbons (Fsp3) is 0.125. The summed E-state index contributed by atoms with van der Waals surface area (Å²) in [6.07, 6.45) is 1.44. The molecule has 0 radical (unpaired) electrons. The molecule has 0 fully saturated rings. The first kappa shape index (κ1) is 25.1. The van der Waals surface area contributed by atoms with Crippen molar-refractivity contribution in [3.8, 4) is 0 Å². The summed E-state index contributed by atoms with van der Waals surface area (Å²) in [7, 11) is -4.03. The molecule has 0 aromatic heterocycles. The van der Waals surface area contributed by atoms with Crippen LogP contribution in [0.1, 0.15) is 18.1 Å². The van der Waals surface area contributed by atoms with E-state index in [2.05, 4.69) is 15.8 Å². The molecule has 2 amide bonds. The molecule has 176 valence electrons. The van der Waals surface area contributed by atoms with Gasteiger partial charge in [-0.2, -0.15) is 9.41 Å². The fourth-order valence-electron chi connectivity index (χ4n) is 3.00. The zero-order valence-corrected chi connectivity index (χ0v) is 19.9. The lowest BCUT2D eigenvalue weighted by molar-refractivity contribution is -0.121. The number of nitrogens with zero attached hydrogens (tertiary/aromatic N) is 2. The quantitative estimate of drug-likeness (QED) is 0.347. The van der Waals surface area contributed by atoms with Gasteiger partial charge in [0.05, 0.1) is 17.7 Å². The van der Waals surface area contributed by atoms with Crippen LogP contribution in [-0.2, 0) is 26.2 Å². The van der Waals surface area contributed by atoms with Gasteiger partial charge in [0.1, 0.15) is 0 Å². The number of halogens is 1. The van der Waals surface area contributed by atoms with Crippen LogP contribution in [0.5, 0.6) is 0 Å². The summed E-state index contributed by atoms with van der Waals surface area (Å²) in [6, 6.07) is 21.5. The number of rotatable bonds is 9. The van der Waals surface area contributed by atoms with Crippen molar-refractivity contribution in [3.63, 3.8) is 0 Å². The third-order valence-corrected chi connectivity index (χ3v) is 6.66. The van der Waals surface area contributed by atoms with Crippen LogP contribution < -0.4 is 10.7 Å². The zero-order chi connectivity index (χ0) is 24.6. The predicted molar refractivity (Wildman–Crippen MR) is 132 cm³/mol. The van der Waals surface area contributed by atoms with Gasteiger partial charge in [-0.1, -0.05) is 54.1 Å². The molecule has 0 bridgehead atoms. The average molecular weight is 499 g/mol. The van der Waals surface area contributed by atoms with Crippen LogP contribution in [0, 0.1) is 0 Å². The minimum Gasteiger partial charge on any atom is -0.326 e. The molecule has 3 aromatic rings. The number of hydrogen-bond acceptors (Lipinski definition) is 5. The maximum atomic E-state index is 13.3. The zero-order valence-electron chi connectivity index (χ0n) is 18.3. The maximum Gasteiger partial charge on any atom is 0.255 e. The smallest absolute Gasteiger partial charge is 0.255 e. The van der Waals surface area contributed by atoms with Gasteiger partial charge in [-0.05, 0) is 47.5 Å². The molecular weight excluding hydrogens is 476 g/mol. The topological polar surface area (TPSA) is 108 Å². The van der Waals surface area contributed by atoms with Crippen molar-refractivity contribution < 1.29 is 18.0 Å². The van der Waals surface area contributed by atoms with Gasteiger partial charge in [0.15, 0.2) is 0 Å². The molecule has 0 aliphatic rings. The molecule has 0 unspecified atom stereocenters. The molecule has 0 aliphatic heterocycles. The van der Waals surface area contributed by atoms with Gasteiger partial charge in [-0.15, -0.1) is 0 Å². The second-order valence-corrected chi connectivity index (χ2v) is 9.68. The van der Waals surface area contributed by atoms with E-state index in [9.17, 15) is 18.0 Å². The maximum absolute atomic E-state index is 13.3. The summed E-state index contributed by atoms with van der Waals surface area (Å²) in [5.41, 5.74) is 4.27. The number of amides is 2. The van der Waals surface area contributed by atoms with Gasteiger partial charge in [-0.3, -0.25) is 9.59 Å². The number of benzene rings is 3. The van der Waals surface area contributed by atoms with E-state index in [4.69, 9.17) is 11.6 Å². The van der Waals surface area contributed by atoms with Crippen LogP contribution in [0.3, 0.4) is 0 Å². The highest BCUT2D eigenvalue weighted by atomic mass is 35.5. The Morgan fingerprint density at radius 2 is 1.62 bits per heavy atom. The number of hydrazone groups is 1. The molecule has 0 spiro atoms. The van der Waals surface area contributed by atoms with Crippen LogP contribution in [0.4, 0.5) is 5.69 Å². The normalized spacial score (nSPS) is 11.5. The molecule has 0 saturated carbocycles. The van der Waals surface area contributed by atoms with Crippen molar-refractivity contribution in [2.75, 3.05) is 11.9 Å². The molecule has 0 heterocycles. The summed E-state index contributed by atoms with van der Waals surface area (Å²) in [5, 5.41) is 7.06. The van der Waals surface area contributed by atoms with E-state index in [0.717, 1.165) is 15.4 Å². The van der Waals surface area contributed by atoms with Crippen LogP contribution in [-0.4, -0.2) is 37.3 Å².